The Labute approximate surface area is 115 Å². The summed E-state index contributed by atoms with van der Waals surface area (Å²) >= 11 is 3.43. The molecule has 0 saturated heterocycles. The van der Waals surface area contributed by atoms with E-state index in [1.807, 2.05) is 0 Å². The summed E-state index contributed by atoms with van der Waals surface area (Å²) in [6.45, 7) is 5.15. The molecule has 0 bridgehead atoms. The maximum atomic E-state index is 11.9. The number of hydrogen-bond donors (Lipinski definition) is 1. The summed E-state index contributed by atoms with van der Waals surface area (Å²) in [6.07, 6.45) is 9.09. The zero-order valence-corrected chi connectivity index (χ0v) is 13.0. The first-order chi connectivity index (χ1) is 8.26. The van der Waals surface area contributed by atoms with Crippen LogP contribution in [0.15, 0.2) is 0 Å². The Morgan fingerprint density at radius 1 is 1.06 bits per heavy atom. The van der Waals surface area contributed by atoms with Gasteiger partial charge in [-0.2, -0.15) is 0 Å². The molecule has 1 N–H and O–H groups in total. The summed E-state index contributed by atoms with van der Waals surface area (Å²) in [6, 6.07) is 0. The number of alkyl halides is 1. The average Bonchev–Trinajstić information content (AvgIpc) is 2.33. The molecule has 0 aliphatic heterocycles. The van der Waals surface area contributed by atoms with E-state index in [4.69, 9.17) is 0 Å². The van der Waals surface area contributed by atoms with Crippen LogP contribution in [0, 0.1) is 5.92 Å². The Kier molecular flexibility index (Phi) is 12.4. The standard InChI is InChI=1S/C14H28BrNO/c1-3-9-13(10-4-2)14(17)16-12-8-6-5-7-11-15/h13H,3-12H2,1-2H3,(H,16,17). The molecule has 1 amide bonds. The van der Waals surface area contributed by atoms with Gasteiger partial charge < -0.3 is 5.32 Å². The predicted molar refractivity (Wildman–Crippen MR) is 78.6 cm³/mol. The number of amides is 1. The molecule has 17 heavy (non-hydrogen) atoms. The highest BCUT2D eigenvalue weighted by atomic mass is 79.9. The molecule has 0 aliphatic rings. The highest BCUT2D eigenvalue weighted by Gasteiger charge is 2.15. The number of rotatable bonds is 11. The molecule has 0 unspecified atom stereocenters. The minimum Gasteiger partial charge on any atom is -0.356 e. The molecule has 0 saturated carbocycles. The molecule has 0 aromatic heterocycles. The van der Waals surface area contributed by atoms with Crippen molar-refractivity contribution in [2.24, 2.45) is 5.92 Å². The molecule has 0 rings (SSSR count). The number of carbonyl (C=O) groups is 1. The lowest BCUT2D eigenvalue weighted by molar-refractivity contribution is -0.125. The van der Waals surface area contributed by atoms with Gasteiger partial charge >= 0.3 is 0 Å². The molecule has 2 nitrogen and oxygen atoms in total. The van der Waals surface area contributed by atoms with E-state index in [9.17, 15) is 4.79 Å². The van der Waals surface area contributed by atoms with Gasteiger partial charge in [-0.25, -0.2) is 0 Å². The monoisotopic (exact) mass is 305 g/mol. The number of hydrogen-bond acceptors (Lipinski definition) is 1. The molecule has 102 valence electrons. The quantitative estimate of drug-likeness (QED) is 0.448. The van der Waals surface area contributed by atoms with Crippen LogP contribution in [-0.4, -0.2) is 17.8 Å². The molecule has 0 fully saturated rings. The van der Waals surface area contributed by atoms with Crippen molar-refractivity contribution in [1.82, 2.24) is 5.32 Å². The van der Waals surface area contributed by atoms with E-state index in [-0.39, 0.29) is 11.8 Å². The van der Waals surface area contributed by atoms with Gasteiger partial charge in [-0.3, -0.25) is 4.79 Å². The van der Waals surface area contributed by atoms with E-state index in [0.29, 0.717) is 0 Å². The first-order valence-corrected chi connectivity index (χ1v) is 8.22. The predicted octanol–water partition coefficient (Wildman–Crippen LogP) is 4.27. The Balaban J connectivity index is 3.59. The Bertz CT molecular complexity index is 179. The average molecular weight is 306 g/mol. The molecule has 0 atom stereocenters. The van der Waals surface area contributed by atoms with E-state index in [1.165, 1.54) is 19.3 Å². The van der Waals surface area contributed by atoms with Crippen LogP contribution in [0.5, 0.6) is 0 Å². The van der Waals surface area contributed by atoms with Crippen molar-refractivity contribution in [1.29, 1.82) is 0 Å². The largest absolute Gasteiger partial charge is 0.356 e. The number of halogens is 1. The van der Waals surface area contributed by atoms with E-state index in [1.54, 1.807) is 0 Å². The molecule has 0 aliphatic carbocycles. The lowest BCUT2D eigenvalue weighted by Gasteiger charge is -2.15. The molecule has 0 aromatic rings. The third-order valence-electron chi connectivity index (χ3n) is 3.00. The highest BCUT2D eigenvalue weighted by molar-refractivity contribution is 9.09. The van der Waals surface area contributed by atoms with Crippen LogP contribution < -0.4 is 5.32 Å². The van der Waals surface area contributed by atoms with Crippen LogP contribution in [0.4, 0.5) is 0 Å². The maximum absolute atomic E-state index is 11.9. The van der Waals surface area contributed by atoms with Crippen molar-refractivity contribution in [2.75, 3.05) is 11.9 Å². The van der Waals surface area contributed by atoms with E-state index in [2.05, 4.69) is 35.1 Å². The molecule has 3 heteroatoms. The van der Waals surface area contributed by atoms with Crippen LogP contribution in [0.1, 0.15) is 65.2 Å². The highest BCUT2D eigenvalue weighted by Crippen LogP contribution is 2.13. The van der Waals surface area contributed by atoms with Crippen molar-refractivity contribution < 1.29 is 4.79 Å². The van der Waals surface area contributed by atoms with Gasteiger partial charge in [0.05, 0.1) is 0 Å². The van der Waals surface area contributed by atoms with E-state index < -0.39 is 0 Å². The van der Waals surface area contributed by atoms with Gasteiger partial charge in [-0.15, -0.1) is 0 Å². The van der Waals surface area contributed by atoms with Gasteiger partial charge in [0.2, 0.25) is 5.91 Å². The van der Waals surface area contributed by atoms with Crippen molar-refractivity contribution >= 4 is 21.8 Å². The zero-order valence-electron chi connectivity index (χ0n) is 11.4. The smallest absolute Gasteiger partial charge is 0.223 e. The first-order valence-electron chi connectivity index (χ1n) is 7.09. The minimum absolute atomic E-state index is 0.243. The van der Waals surface area contributed by atoms with Gasteiger partial charge in [-0.1, -0.05) is 55.5 Å². The van der Waals surface area contributed by atoms with Gasteiger partial charge in [-0.05, 0) is 25.7 Å². The van der Waals surface area contributed by atoms with Gasteiger partial charge in [0.15, 0.2) is 0 Å². The summed E-state index contributed by atoms with van der Waals surface area (Å²) < 4.78 is 0. The van der Waals surface area contributed by atoms with Gasteiger partial charge in [0.1, 0.15) is 0 Å². The van der Waals surface area contributed by atoms with Crippen LogP contribution >= 0.6 is 15.9 Å². The van der Waals surface area contributed by atoms with Gasteiger partial charge in [0.25, 0.3) is 0 Å². The molecular formula is C14H28BrNO. The summed E-state index contributed by atoms with van der Waals surface area (Å²) in [5.41, 5.74) is 0. The van der Waals surface area contributed by atoms with Crippen LogP contribution in [0.3, 0.4) is 0 Å². The first kappa shape index (κ1) is 16.9. The van der Waals surface area contributed by atoms with Crippen LogP contribution in [0.25, 0.3) is 0 Å². The van der Waals surface area contributed by atoms with E-state index in [0.717, 1.165) is 44.0 Å². The summed E-state index contributed by atoms with van der Waals surface area (Å²) in [5.74, 6) is 0.515. The number of nitrogens with one attached hydrogen (secondary N) is 1. The lowest BCUT2D eigenvalue weighted by Crippen LogP contribution is -2.31. The van der Waals surface area contributed by atoms with Crippen LogP contribution in [-0.2, 0) is 4.79 Å². The van der Waals surface area contributed by atoms with E-state index >= 15 is 0 Å². The summed E-state index contributed by atoms with van der Waals surface area (Å²) in [7, 11) is 0. The molecule has 0 heterocycles. The van der Waals surface area contributed by atoms with Crippen molar-refractivity contribution in [3.63, 3.8) is 0 Å². The molecule has 0 aromatic carbocycles. The Morgan fingerprint density at radius 2 is 1.65 bits per heavy atom. The van der Waals surface area contributed by atoms with Crippen molar-refractivity contribution in [3.05, 3.63) is 0 Å². The fraction of sp³-hybridized carbons (Fsp3) is 0.929. The minimum atomic E-state index is 0.243. The lowest BCUT2D eigenvalue weighted by atomic mass is 9.97. The maximum Gasteiger partial charge on any atom is 0.223 e. The normalized spacial score (nSPS) is 10.8. The molecular weight excluding hydrogens is 278 g/mol. The fourth-order valence-corrected chi connectivity index (χ4v) is 2.43. The Morgan fingerprint density at radius 3 is 2.18 bits per heavy atom. The second-order valence-corrected chi connectivity index (χ2v) is 5.46. The third kappa shape index (κ3) is 9.63. The second kappa shape index (κ2) is 12.4. The zero-order chi connectivity index (χ0) is 12.9. The topological polar surface area (TPSA) is 29.1 Å². The number of unbranched alkanes of at least 4 members (excludes halogenated alkanes) is 3. The molecule has 0 spiro atoms. The van der Waals surface area contributed by atoms with Crippen LogP contribution in [0.2, 0.25) is 0 Å². The SMILES string of the molecule is CCCC(CCC)C(=O)NCCCCCCBr. The van der Waals surface area contributed by atoms with Crippen molar-refractivity contribution in [2.45, 2.75) is 65.2 Å². The Hall–Kier alpha value is -0.0500. The molecule has 0 radical (unpaired) electrons. The fourth-order valence-electron chi connectivity index (χ4n) is 2.03. The third-order valence-corrected chi connectivity index (χ3v) is 3.57. The van der Waals surface area contributed by atoms with Crippen molar-refractivity contribution in [3.8, 4) is 0 Å². The summed E-state index contributed by atoms with van der Waals surface area (Å²) in [5, 5.41) is 4.17. The second-order valence-electron chi connectivity index (χ2n) is 4.67. The summed E-state index contributed by atoms with van der Waals surface area (Å²) in [4.78, 5) is 11.9. The number of carbonyl (C=O) groups excluding carboxylic acids is 1. The van der Waals surface area contributed by atoms with Gasteiger partial charge in [0, 0.05) is 17.8 Å².